The lowest BCUT2D eigenvalue weighted by Crippen LogP contribution is -1.91. The Morgan fingerprint density at radius 3 is 2.76 bits per heavy atom. The molecule has 0 aliphatic rings. The number of hydrogen-bond donors (Lipinski definition) is 1. The maximum Gasteiger partial charge on any atom is 0.328 e. The van der Waals surface area contributed by atoms with Crippen molar-refractivity contribution >= 4 is 39.6 Å². The summed E-state index contributed by atoms with van der Waals surface area (Å²) in [5, 5.41) is 9.01. The summed E-state index contributed by atoms with van der Waals surface area (Å²) in [6.45, 7) is 0. The van der Waals surface area contributed by atoms with E-state index in [1.165, 1.54) is 24.3 Å². The Balaban J connectivity index is 2.38. The number of benzene rings is 2. The smallest absolute Gasteiger partial charge is 0.328 e. The molecular formula is C15H9BrClFO3. The van der Waals surface area contributed by atoms with Gasteiger partial charge in [-0.15, -0.1) is 0 Å². The predicted molar refractivity (Wildman–Crippen MR) is 82.3 cm³/mol. The fourth-order valence-corrected chi connectivity index (χ4v) is 2.16. The van der Waals surface area contributed by atoms with Gasteiger partial charge in [-0.1, -0.05) is 23.7 Å². The highest BCUT2D eigenvalue weighted by Gasteiger charge is 2.09. The number of carboxylic acid groups (broad SMARTS) is 1. The highest BCUT2D eigenvalue weighted by Crippen LogP contribution is 2.35. The zero-order chi connectivity index (χ0) is 15.4. The third-order valence-electron chi connectivity index (χ3n) is 2.51. The Morgan fingerprint density at radius 1 is 1.33 bits per heavy atom. The first-order valence-corrected chi connectivity index (χ1v) is 6.97. The van der Waals surface area contributed by atoms with Crippen molar-refractivity contribution in [3.05, 3.63) is 63.4 Å². The van der Waals surface area contributed by atoms with E-state index in [1.807, 2.05) is 0 Å². The minimum atomic E-state index is -1.08. The summed E-state index contributed by atoms with van der Waals surface area (Å²) in [7, 11) is 0. The van der Waals surface area contributed by atoms with Crippen molar-refractivity contribution in [2.45, 2.75) is 0 Å². The Hall–Kier alpha value is -1.85. The molecule has 2 aromatic rings. The first kappa shape index (κ1) is 15.5. The van der Waals surface area contributed by atoms with E-state index in [1.54, 1.807) is 18.2 Å². The molecule has 0 aliphatic carbocycles. The molecule has 0 saturated heterocycles. The average Bonchev–Trinajstić information content (AvgIpc) is 2.43. The summed E-state index contributed by atoms with van der Waals surface area (Å²) >= 11 is 9.14. The minimum absolute atomic E-state index is 0.259. The first-order valence-electron chi connectivity index (χ1n) is 5.80. The van der Waals surface area contributed by atoms with E-state index >= 15 is 0 Å². The van der Waals surface area contributed by atoms with E-state index in [9.17, 15) is 9.18 Å². The van der Waals surface area contributed by atoms with Crippen LogP contribution >= 0.6 is 27.5 Å². The lowest BCUT2D eigenvalue weighted by Gasteiger charge is -2.11. The number of ether oxygens (including phenoxy) is 1. The SMILES string of the molecule is O=C(O)/C=C/c1cccc(Cl)c1Oc1ccc(F)c(Br)c1. The lowest BCUT2D eigenvalue weighted by atomic mass is 10.2. The van der Waals surface area contributed by atoms with Crippen molar-refractivity contribution in [3.63, 3.8) is 0 Å². The molecular weight excluding hydrogens is 363 g/mol. The monoisotopic (exact) mass is 370 g/mol. The van der Waals surface area contributed by atoms with Gasteiger partial charge in [0.05, 0.1) is 9.50 Å². The maximum atomic E-state index is 13.2. The third-order valence-corrected chi connectivity index (χ3v) is 3.42. The van der Waals surface area contributed by atoms with Gasteiger partial charge >= 0.3 is 5.97 Å². The number of hydrogen-bond acceptors (Lipinski definition) is 2. The molecule has 0 bridgehead atoms. The zero-order valence-corrected chi connectivity index (χ0v) is 12.9. The number of aliphatic carboxylic acids is 1. The molecule has 0 aromatic heterocycles. The summed E-state index contributed by atoms with van der Waals surface area (Å²) in [5.74, 6) is -0.811. The fraction of sp³-hybridized carbons (Fsp3) is 0. The molecule has 1 N–H and O–H groups in total. The molecule has 2 aromatic carbocycles. The van der Waals surface area contributed by atoms with E-state index < -0.39 is 11.8 Å². The van der Waals surface area contributed by atoms with Gasteiger partial charge in [0.15, 0.2) is 5.75 Å². The van der Waals surface area contributed by atoms with Crippen molar-refractivity contribution in [2.75, 3.05) is 0 Å². The lowest BCUT2D eigenvalue weighted by molar-refractivity contribution is -0.131. The molecule has 6 heteroatoms. The number of para-hydroxylation sites is 1. The Bertz CT molecular complexity index is 716. The number of halogens is 3. The van der Waals surface area contributed by atoms with Gasteiger partial charge in [-0.3, -0.25) is 0 Å². The van der Waals surface area contributed by atoms with Crippen LogP contribution in [0.25, 0.3) is 6.08 Å². The largest absolute Gasteiger partial charge is 0.478 e. The molecule has 0 amide bonds. The Morgan fingerprint density at radius 2 is 2.10 bits per heavy atom. The van der Waals surface area contributed by atoms with Crippen LogP contribution in [0.5, 0.6) is 11.5 Å². The molecule has 0 atom stereocenters. The number of carboxylic acids is 1. The summed E-state index contributed by atoms with van der Waals surface area (Å²) in [6.07, 6.45) is 2.36. The molecule has 0 aliphatic heterocycles. The van der Waals surface area contributed by atoms with Gasteiger partial charge in [-0.2, -0.15) is 0 Å². The quantitative estimate of drug-likeness (QED) is 0.758. The number of rotatable bonds is 4. The highest BCUT2D eigenvalue weighted by atomic mass is 79.9. The minimum Gasteiger partial charge on any atom is -0.478 e. The standard InChI is InChI=1S/C15H9BrClFO3/c16-11-8-10(5-6-13(11)18)21-15-9(4-7-14(19)20)2-1-3-12(15)17/h1-8H,(H,19,20)/b7-4+. The van der Waals surface area contributed by atoms with E-state index in [2.05, 4.69) is 15.9 Å². The van der Waals surface area contributed by atoms with Crippen LogP contribution in [-0.4, -0.2) is 11.1 Å². The molecule has 21 heavy (non-hydrogen) atoms. The molecule has 0 radical (unpaired) electrons. The molecule has 0 heterocycles. The summed E-state index contributed by atoms with van der Waals surface area (Å²) < 4.78 is 19.1. The van der Waals surface area contributed by atoms with E-state index in [0.29, 0.717) is 22.1 Å². The van der Waals surface area contributed by atoms with Gasteiger partial charge in [-0.05, 0) is 46.3 Å². The summed E-state index contributed by atoms with van der Waals surface area (Å²) in [5.41, 5.74) is 0.505. The van der Waals surface area contributed by atoms with Crippen molar-refractivity contribution < 1.29 is 19.0 Å². The first-order chi connectivity index (χ1) is 9.97. The normalized spacial score (nSPS) is 10.8. The van der Waals surface area contributed by atoms with Crippen molar-refractivity contribution in [1.82, 2.24) is 0 Å². The van der Waals surface area contributed by atoms with Gasteiger partial charge in [0.25, 0.3) is 0 Å². The zero-order valence-electron chi connectivity index (χ0n) is 10.5. The Kier molecular flexibility index (Phi) is 4.98. The van der Waals surface area contributed by atoms with Crippen molar-refractivity contribution in [2.24, 2.45) is 0 Å². The van der Waals surface area contributed by atoms with Crippen LogP contribution in [0.2, 0.25) is 5.02 Å². The molecule has 0 saturated carbocycles. The topological polar surface area (TPSA) is 46.5 Å². The molecule has 0 fully saturated rings. The molecule has 0 spiro atoms. The summed E-state index contributed by atoms with van der Waals surface area (Å²) in [6, 6.07) is 9.13. The van der Waals surface area contributed by atoms with Crippen LogP contribution in [0.15, 0.2) is 46.9 Å². The maximum absolute atomic E-state index is 13.2. The van der Waals surface area contributed by atoms with Crippen LogP contribution in [-0.2, 0) is 4.79 Å². The van der Waals surface area contributed by atoms with Crippen molar-refractivity contribution in [3.8, 4) is 11.5 Å². The van der Waals surface area contributed by atoms with Gasteiger partial charge in [0, 0.05) is 11.6 Å². The third kappa shape index (κ3) is 4.06. The van der Waals surface area contributed by atoms with Crippen LogP contribution in [0, 0.1) is 5.82 Å². The second kappa shape index (κ2) is 6.74. The summed E-state index contributed by atoms with van der Waals surface area (Å²) in [4.78, 5) is 10.6. The van der Waals surface area contributed by atoms with E-state index in [-0.39, 0.29) is 4.47 Å². The average molecular weight is 372 g/mol. The number of carbonyl (C=O) groups is 1. The second-order valence-corrected chi connectivity index (χ2v) is 5.27. The van der Waals surface area contributed by atoms with Crippen LogP contribution in [0.4, 0.5) is 4.39 Å². The van der Waals surface area contributed by atoms with Gasteiger partial charge in [-0.25, -0.2) is 9.18 Å². The van der Waals surface area contributed by atoms with Gasteiger partial charge in [0.1, 0.15) is 11.6 Å². The molecule has 2 rings (SSSR count). The fourth-order valence-electron chi connectivity index (χ4n) is 1.58. The van der Waals surface area contributed by atoms with Crippen molar-refractivity contribution in [1.29, 1.82) is 0 Å². The van der Waals surface area contributed by atoms with Gasteiger partial charge < -0.3 is 9.84 Å². The van der Waals surface area contributed by atoms with E-state index in [0.717, 1.165) is 6.08 Å². The van der Waals surface area contributed by atoms with Crippen LogP contribution in [0.3, 0.4) is 0 Å². The van der Waals surface area contributed by atoms with Gasteiger partial charge in [0.2, 0.25) is 0 Å². The molecule has 3 nitrogen and oxygen atoms in total. The predicted octanol–water partition coefficient (Wildman–Crippen LogP) is 5.13. The second-order valence-electron chi connectivity index (χ2n) is 4.01. The van der Waals surface area contributed by atoms with Crippen LogP contribution < -0.4 is 4.74 Å². The van der Waals surface area contributed by atoms with E-state index in [4.69, 9.17) is 21.4 Å². The molecule has 0 unspecified atom stereocenters. The Labute approximate surface area is 133 Å². The molecule has 108 valence electrons. The highest BCUT2D eigenvalue weighted by molar-refractivity contribution is 9.10. The van der Waals surface area contributed by atoms with Crippen LogP contribution in [0.1, 0.15) is 5.56 Å².